The average Bonchev–Trinajstić information content (AvgIpc) is 2.47. The summed E-state index contributed by atoms with van der Waals surface area (Å²) in [6.45, 7) is 0. The fourth-order valence-electron chi connectivity index (χ4n) is 2.28. The van der Waals surface area contributed by atoms with Crippen LogP contribution in [-0.4, -0.2) is 14.2 Å². The fraction of sp³-hybridized carbons (Fsp3) is 0.250. The van der Waals surface area contributed by atoms with Gasteiger partial charge >= 0.3 is 0 Å². The zero-order chi connectivity index (χ0) is 15.4. The molecule has 0 aliphatic rings. The molecule has 0 saturated heterocycles. The van der Waals surface area contributed by atoms with E-state index in [1.807, 2.05) is 43.4 Å². The van der Waals surface area contributed by atoms with Gasteiger partial charge < -0.3 is 10.1 Å². The van der Waals surface area contributed by atoms with E-state index in [0.29, 0.717) is 5.02 Å². The third-order valence-corrected chi connectivity index (χ3v) is 4.42. The number of likely N-dealkylation sites (N-methyl/N-ethyl adjacent to an activating group) is 1. The van der Waals surface area contributed by atoms with Crippen molar-refractivity contribution >= 4 is 39.1 Å². The molecule has 0 heterocycles. The highest BCUT2D eigenvalue weighted by Crippen LogP contribution is 2.32. The number of rotatable bonds is 5. The number of methoxy groups -OCH3 is 1. The molecule has 0 fully saturated rings. The van der Waals surface area contributed by atoms with Crippen molar-refractivity contribution < 1.29 is 4.74 Å². The lowest BCUT2D eigenvalue weighted by Gasteiger charge is -2.20. The van der Waals surface area contributed by atoms with Crippen LogP contribution >= 0.6 is 39.1 Å². The smallest absolute Gasteiger partial charge is 0.122 e. The standard InChI is InChI=1S/C16H16BrCl2NO/c1-20-15(13-9-11(17)3-5-14(13)19)8-10-7-12(18)4-6-16(10)21-2/h3-7,9,15,20H,8H2,1-2H3. The van der Waals surface area contributed by atoms with Gasteiger partial charge in [0.1, 0.15) is 5.75 Å². The summed E-state index contributed by atoms with van der Waals surface area (Å²) in [6, 6.07) is 11.6. The maximum absolute atomic E-state index is 6.32. The van der Waals surface area contributed by atoms with Crippen molar-refractivity contribution in [3.8, 4) is 5.75 Å². The van der Waals surface area contributed by atoms with Gasteiger partial charge in [0.15, 0.2) is 0 Å². The Labute approximate surface area is 143 Å². The normalized spacial score (nSPS) is 12.2. The van der Waals surface area contributed by atoms with Crippen LogP contribution in [0.1, 0.15) is 17.2 Å². The monoisotopic (exact) mass is 387 g/mol. The van der Waals surface area contributed by atoms with Gasteiger partial charge in [-0.1, -0.05) is 39.1 Å². The van der Waals surface area contributed by atoms with Gasteiger partial charge in [0.05, 0.1) is 7.11 Å². The van der Waals surface area contributed by atoms with E-state index in [0.717, 1.165) is 32.8 Å². The SMILES string of the molecule is CNC(Cc1cc(Cl)ccc1OC)c1cc(Br)ccc1Cl. The van der Waals surface area contributed by atoms with Crippen LogP contribution in [0.25, 0.3) is 0 Å². The van der Waals surface area contributed by atoms with Gasteiger partial charge in [0.2, 0.25) is 0 Å². The van der Waals surface area contributed by atoms with Crippen molar-refractivity contribution in [3.05, 3.63) is 62.0 Å². The highest BCUT2D eigenvalue weighted by atomic mass is 79.9. The fourth-order valence-corrected chi connectivity index (χ4v) is 3.10. The Hall–Kier alpha value is -0.740. The molecule has 112 valence electrons. The minimum atomic E-state index is 0.0716. The summed E-state index contributed by atoms with van der Waals surface area (Å²) in [5.74, 6) is 0.825. The lowest BCUT2D eigenvalue weighted by atomic mass is 9.98. The first-order valence-corrected chi connectivity index (χ1v) is 8.04. The first kappa shape index (κ1) is 16.6. The topological polar surface area (TPSA) is 21.3 Å². The van der Waals surface area contributed by atoms with Gasteiger partial charge in [-0.15, -0.1) is 0 Å². The van der Waals surface area contributed by atoms with Gasteiger partial charge in [-0.2, -0.15) is 0 Å². The van der Waals surface area contributed by atoms with E-state index in [-0.39, 0.29) is 6.04 Å². The van der Waals surface area contributed by atoms with E-state index in [9.17, 15) is 0 Å². The third-order valence-electron chi connectivity index (χ3n) is 3.35. The lowest BCUT2D eigenvalue weighted by molar-refractivity contribution is 0.406. The van der Waals surface area contributed by atoms with Gasteiger partial charge in [0, 0.05) is 20.6 Å². The minimum Gasteiger partial charge on any atom is -0.496 e. The van der Waals surface area contributed by atoms with Crippen LogP contribution in [-0.2, 0) is 6.42 Å². The second-order valence-corrected chi connectivity index (χ2v) is 6.43. The molecule has 0 bridgehead atoms. The van der Waals surface area contributed by atoms with Crippen molar-refractivity contribution in [2.75, 3.05) is 14.2 Å². The summed E-state index contributed by atoms with van der Waals surface area (Å²) in [4.78, 5) is 0. The quantitative estimate of drug-likeness (QED) is 0.753. The molecule has 0 aliphatic carbocycles. The van der Waals surface area contributed by atoms with Crippen LogP contribution in [0.5, 0.6) is 5.75 Å². The van der Waals surface area contributed by atoms with Gasteiger partial charge in [-0.05, 0) is 61.0 Å². The lowest BCUT2D eigenvalue weighted by Crippen LogP contribution is -2.19. The van der Waals surface area contributed by atoms with Crippen molar-refractivity contribution in [1.82, 2.24) is 5.32 Å². The summed E-state index contributed by atoms with van der Waals surface area (Å²) in [5.41, 5.74) is 2.08. The van der Waals surface area contributed by atoms with Crippen LogP contribution in [0.4, 0.5) is 0 Å². The molecule has 1 atom stereocenters. The van der Waals surface area contributed by atoms with E-state index >= 15 is 0 Å². The molecule has 2 rings (SSSR count). The molecular weight excluding hydrogens is 373 g/mol. The third kappa shape index (κ3) is 4.13. The number of benzene rings is 2. The Kier molecular flexibility index (Phi) is 5.94. The van der Waals surface area contributed by atoms with Crippen molar-refractivity contribution in [1.29, 1.82) is 0 Å². The summed E-state index contributed by atoms with van der Waals surface area (Å²) in [7, 11) is 3.58. The molecule has 5 heteroatoms. The molecule has 0 radical (unpaired) electrons. The van der Waals surface area contributed by atoms with Crippen molar-refractivity contribution in [2.45, 2.75) is 12.5 Å². The van der Waals surface area contributed by atoms with Crippen molar-refractivity contribution in [3.63, 3.8) is 0 Å². The van der Waals surface area contributed by atoms with Gasteiger partial charge in [-0.25, -0.2) is 0 Å². The molecule has 1 N–H and O–H groups in total. The maximum Gasteiger partial charge on any atom is 0.122 e. The van der Waals surface area contributed by atoms with Crippen LogP contribution in [0.3, 0.4) is 0 Å². The van der Waals surface area contributed by atoms with E-state index in [2.05, 4.69) is 21.2 Å². The Morgan fingerprint density at radius 2 is 1.95 bits per heavy atom. The average molecular weight is 389 g/mol. The summed E-state index contributed by atoms with van der Waals surface area (Å²) in [6.07, 6.45) is 0.733. The molecular formula is C16H16BrCl2NO. The largest absolute Gasteiger partial charge is 0.496 e. The second-order valence-electron chi connectivity index (χ2n) is 4.67. The zero-order valence-corrected chi connectivity index (χ0v) is 14.9. The molecule has 0 aromatic heterocycles. The van der Waals surface area contributed by atoms with Gasteiger partial charge in [0.25, 0.3) is 0 Å². The molecule has 0 spiro atoms. The molecule has 2 nitrogen and oxygen atoms in total. The number of hydrogen-bond acceptors (Lipinski definition) is 2. The number of ether oxygens (including phenoxy) is 1. The predicted molar refractivity (Wildman–Crippen MR) is 92.7 cm³/mol. The number of halogens is 3. The number of hydrogen-bond donors (Lipinski definition) is 1. The molecule has 2 aromatic carbocycles. The molecule has 2 aromatic rings. The highest BCUT2D eigenvalue weighted by Gasteiger charge is 2.16. The van der Waals surface area contributed by atoms with Crippen LogP contribution < -0.4 is 10.1 Å². The first-order valence-electron chi connectivity index (χ1n) is 6.49. The Balaban J connectivity index is 2.35. The Morgan fingerprint density at radius 1 is 1.19 bits per heavy atom. The van der Waals surface area contributed by atoms with Crippen molar-refractivity contribution in [2.24, 2.45) is 0 Å². The highest BCUT2D eigenvalue weighted by molar-refractivity contribution is 9.10. The summed E-state index contributed by atoms with van der Waals surface area (Å²) >= 11 is 15.9. The summed E-state index contributed by atoms with van der Waals surface area (Å²) < 4.78 is 6.41. The van der Waals surface area contributed by atoms with E-state index in [1.54, 1.807) is 7.11 Å². The molecule has 0 aliphatic heterocycles. The molecule has 21 heavy (non-hydrogen) atoms. The molecule has 0 saturated carbocycles. The number of nitrogens with one attached hydrogen (secondary N) is 1. The zero-order valence-electron chi connectivity index (χ0n) is 11.8. The van der Waals surface area contributed by atoms with Crippen LogP contribution in [0.2, 0.25) is 10.0 Å². The van der Waals surface area contributed by atoms with E-state index in [1.165, 1.54) is 0 Å². The molecule has 0 amide bonds. The second kappa shape index (κ2) is 7.50. The minimum absolute atomic E-state index is 0.0716. The maximum atomic E-state index is 6.32. The van der Waals surface area contributed by atoms with E-state index in [4.69, 9.17) is 27.9 Å². The predicted octanol–water partition coefficient (Wildman–Crippen LogP) is 5.27. The molecule has 1 unspecified atom stereocenters. The summed E-state index contributed by atoms with van der Waals surface area (Å²) in [5, 5.41) is 4.73. The Bertz CT molecular complexity index is 634. The van der Waals surface area contributed by atoms with Gasteiger partial charge in [-0.3, -0.25) is 0 Å². The van der Waals surface area contributed by atoms with Crippen LogP contribution in [0, 0.1) is 0 Å². The van der Waals surface area contributed by atoms with Crippen LogP contribution in [0.15, 0.2) is 40.9 Å². The Morgan fingerprint density at radius 3 is 2.62 bits per heavy atom. The van der Waals surface area contributed by atoms with E-state index < -0.39 is 0 Å². The first-order chi connectivity index (χ1) is 10.0.